The Hall–Kier alpha value is -2.89. The van der Waals surface area contributed by atoms with Gasteiger partial charge < -0.3 is 4.74 Å². The van der Waals surface area contributed by atoms with E-state index in [4.69, 9.17) is 6.11 Å². The van der Waals surface area contributed by atoms with Crippen LogP contribution >= 0.6 is 0 Å². The molecule has 3 aromatic rings. The van der Waals surface area contributed by atoms with Crippen molar-refractivity contribution in [1.82, 2.24) is 0 Å². The first-order valence-corrected chi connectivity index (χ1v) is 9.77. The van der Waals surface area contributed by atoms with Crippen LogP contribution in [0.25, 0.3) is 17.2 Å². The van der Waals surface area contributed by atoms with Crippen molar-refractivity contribution in [2.75, 3.05) is 13.7 Å². The third-order valence-electron chi connectivity index (χ3n) is 3.94. The Morgan fingerprint density at radius 2 is 1.59 bits per heavy atom. The van der Waals surface area contributed by atoms with Gasteiger partial charge in [0.05, 0.1) is 13.4 Å². The van der Waals surface area contributed by atoms with Crippen LogP contribution in [0.4, 0.5) is 0 Å². The van der Waals surface area contributed by atoms with Crippen LogP contribution in [0.3, 0.4) is 0 Å². The second kappa shape index (κ2) is 8.66. The predicted octanol–water partition coefficient (Wildman–Crippen LogP) is 4.78. The van der Waals surface area contributed by atoms with E-state index < -0.39 is 10.1 Å². The lowest BCUT2D eigenvalue weighted by atomic mass is 10.1. The van der Waals surface area contributed by atoms with Crippen LogP contribution in [0, 0.1) is 0 Å². The van der Waals surface area contributed by atoms with Gasteiger partial charge in [0.15, 0.2) is 0 Å². The maximum atomic E-state index is 11.4. The number of benzene rings is 3. The summed E-state index contributed by atoms with van der Waals surface area (Å²) in [4.78, 5) is 0.166. The maximum Gasteiger partial charge on any atom is 0.296 e. The molecule has 27 heavy (non-hydrogen) atoms. The Kier molecular flexibility index (Phi) is 5.62. The Labute approximate surface area is 161 Å². The van der Waals surface area contributed by atoms with E-state index in [1.54, 1.807) is 30.3 Å². The van der Waals surface area contributed by atoms with Gasteiger partial charge in [0.25, 0.3) is 10.1 Å². The van der Waals surface area contributed by atoms with Crippen LogP contribution in [0.2, 0.25) is 0 Å². The summed E-state index contributed by atoms with van der Waals surface area (Å²) in [5, 5.41) is 0. The van der Waals surface area contributed by atoms with Gasteiger partial charge in [-0.25, -0.2) is 0 Å². The van der Waals surface area contributed by atoms with Crippen molar-refractivity contribution in [3.05, 3.63) is 90.5 Å². The fourth-order valence-corrected chi connectivity index (χ4v) is 3.20. The van der Waals surface area contributed by atoms with E-state index in [9.17, 15) is 8.42 Å². The summed E-state index contributed by atoms with van der Waals surface area (Å²) in [6, 6.07) is 22.4. The number of hydrogen-bond donors (Lipinski definition) is 0. The number of hydrogen-bond acceptors (Lipinski definition) is 4. The van der Waals surface area contributed by atoms with Gasteiger partial charge in [0.2, 0.25) is 0 Å². The number of rotatable bonds is 3. The van der Waals surface area contributed by atoms with E-state index in [1.807, 2.05) is 54.6 Å². The quantitative estimate of drug-likeness (QED) is 0.613. The minimum absolute atomic E-state index is 0.166. The molecule has 0 spiro atoms. The van der Waals surface area contributed by atoms with Crippen molar-refractivity contribution in [1.29, 1.82) is 0 Å². The van der Waals surface area contributed by atoms with Crippen molar-refractivity contribution in [3.8, 4) is 16.9 Å². The van der Waals surface area contributed by atoms with Gasteiger partial charge in [0, 0.05) is 5.56 Å². The van der Waals surface area contributed by atoms with E-state index in [0.717, 1.165) is 29.5 Å². The zero-order chi connectivity index (χ0) is 20.0. The largest absolute Gasteiger partial charge is 0.489 e. The van der Waals surface area contributed by atoms with Crippen LogP contribution < -0.4 is 4.74 Å². The summed E-state index contributed by atoms with van der Waals surface area (Å²) >= 11 is 0. The molecule has 1 heterocycles. The first-order valence-electron chi connectivity index (χ1n) is 8.86. The first-order chi connectivity index (χ1) is 13.5. The number of para-hydroxylation sites is 1. The molecule has 0 aliphatic carbocycles. The Balaban J connectivity index is 0.000000176. The molecule has 0 bridgehead atoms. The standard InChI is InChI=1S/C13H12O3S.C9H8O/c1-16-17(14,15)13-9-7-12(8-10-13)11-5-3-2-4-6-11;1-2-6-9-8(4-1)5-3-7-10-9/h2-10H,1H3;1-6H,7H2/i;4D. The summed E-state index contributed by atoms with van der Waals surface area (Å²) in [7, 11) is -2.44. The number of ether oxygens (including phenoxy) is 1. The minimum Gasteiger partial charge on any atom is -0.489 e. The lowest BCUT2D eigenvalue weighted by Crippen LogP contribution is -2.02. The average Bonchev–Trinajstić information content (AvgIpc) is 2.75. The van der Waals surface area contributed by atoms with Crippen molar-refractivity contribution in [2.24, 2.45) is 0 Å². The lowest BCUT2D eigenvalue weighted by Gasteiger charge is -2.10. The van der Waals surface area contributed by atoms with Crippen LogP contribution in [0.5, 0.6) is 5.75 Å². The molecule has 0 aromatic heterocycles. The molecule has 0 saturated heterocycles. The molecule has 1 aliphatic heterocycles. The summed E-state index contributed by atoms with van der Waals surface area (Å²) < 4.78 is 40.1. The molecule has 4 nitrogen and oxygen atoms in total. The molecule has 5 heteroatoms. The van der Waals surface area contributed by atoms with Gasteiger partial charge in [-0.1, -0.05) is 66.7 Å². The van der Waals surface area contributed by atoms with Crippen LogP contribution in [0.1, 0.15) is 6.93 Å². The van der Waals surface area contributed by atoms with Gasteiger partial charge in [-0.15, -0.1) is 0 Å². The normalized spacial score (nSPS) is 12.9. The van der Waals surface area contributed by atoms with E-state index in [-0.39, 0.29) is 4.90 Å². The Morgan fingerprint density at radius 1 is 0.926 bits per heavy atom. The van der Waals surface area contributed by atoms with Gasteiger partial charge in [-0.3, -0.25) is 4.18 Å². The van der Waals surface area contributed by atoms with Crippen LogP contribution in [-0.4, -0.2) is 22.1 Å². The summed E-state index contributed by atoms with van der Waals surface area (Å²) in [6.45, 7) is 0.621. The molecule has 0 N–H and O–H groups in total. The molecule has 4 rings (SSSR count). The average molecular weight is 381 g/mol. The third kappa shape index (κ3) is 4.84. The SMILES string of the molecule is COS(=O)(=O)c1ccc(-c2ccccc2)cc1.[2H]c1cccc2c1C=CCO2. The Morgan fingerprint density at radius 3 is 2.26 bits per heavy atom. The highest BCUT2D eigenvalue weighted by Crippen LogP contribution is 2.22. The maximum absolute atomic E-state index is 11.4. The molecular weight excluding hydrogens is 360 g/mol. The molecule has 0 unspecified atom stereocenters. The van der Waals surface area contributed by atoms with Gasteiger partial charge >= 0.3 is 0 Å². The monoisotopic (exact) mass is 381 g/mol. The summed E-state index contributed by atoms with van der Waals surface area (Å²) in [6.07, 6.45) is 3.85. The molecule has 0 saturated carbocycles. The summed E-state index contributed by atoms with van der Waals surface area (Å²) in [5.41, 5.74) is 2.91. The topological polar surface area (TPSA) is 52.6 Å². The smallest absolute Gasteiger partial charge is 0.296 e. The van der Waals surface area contributed by atoms with Gasteiger partial charge in [0.1, 0.15) is 12.4 Å². The Bertz CT molecular complexity index is 1060. The zero-order valence-electron chi connectivity index (χ0n) is 15.8. The second-order valence-corrected chi connectivity index (χ2v) is 7.39. The fraction of sp³-hybridized carbons (Fsp3) is 0.0909. The van der Waals surface area contributed by atoms with Crippen LogP contribution in [0.15, 0.2) is 89.8 Å². The number of fused-ring (bicyclic) bond motifs is 1. The van der Waals surface area contributed by atoms with Crippen LogP contribution in [-0.2, 0) is 14.3 Å². The molecular formula is C22H20O4S. The van der Waals surface area contributed by atoms with Crippen molar-refractivity contribution in [3.63, 3.8) is 0 Å². The molecule has 0 fully saturated rings. The highest BCUT2D eigenvalue weighted by molar-refractivity contribution is 7.86. The highest BCUT2D eigenvalue weighted by Gasteiger charge is 2.12. The molecule has 0 amide bonds. The second-order valence-electron chi connectivity index (χ2n) is 5.67. The molecule has 138 valence electrons. The van der Waals surface area contributed by atoms with E-state index in [2.05, 4.69) is 4.18 Å². The third-order valence-corrected chi connectivity index (χ3v) is 5.23. The van der Waals surface area contributed by atoms with Crippen molar-refractivity contribution >= 4 is 16.2 Å². The van der Waals surface area contributed by atoms with Crippen molar-refractivity contribution < 1.29 is 18.7 Å². The highest BCUT2D eigenvalue weighted by atomic mass is 32.2. The van der Waals surface area contributed by atoms with Gasteiger partial charge in [-0.2, -0.15) is 8.42 Å². The first kappa shape index (κ1) is 17.5. The minimum atomic E-state index is -3.60. The van der Waals surface area contributed by atoms with E-state index in [1.165, 1.54) is 0 Å². The molecule has 1 aliphatic rings. The summed E-state index contributed by atoms with van der Waals surface area (Å²) in [5.74, 6) is 0.819. The fourth-order valence-electron chi connectivity index (χ4n) is 2.54. The van der Waals surface area contributed by atoms with E-state index >= 15 is 0 Å². The van der Waals surface area contributed by atoms with Gasteiger partial charge in [-0.05, 0) is 35.4 Å². The lowest BCUT2D eigenvalue weighted by molar-refractivity contribution is 0.358. The van der Waals surface area contributed by atoms with E-state index in [0.29, 0.717) is 12.6 Å². The molecule has 0 atom stereocenters. The predicted molar refractivity (Wildman–Crippen MR) is 107 cm³/mol. The molecule has 3 aromatic carbocycles. The zero-order valence-corrected chi connectivity index (χ0v) is 15.6. The molecule has 0 radical (unpaired) electrons. The van der Waals surface area contributed by atoms with Crippen molar-refractivity contribution in [2.45, 2.75) is 4.90 Å².